The van der Waals surface area contributed by atoms with Crippen LogP contribution in [-0.4, -0.2) is 9.97 Å². The number of anilines is 2. The summed E-state index contributed by atoms with van der Waals surface area (Å²) in [5, 5.41) is 5.38. The number of aryl methyl sites for hydroxylation is 1. The van der Waals surface area contributed by atoms with Crippen molar-refractivity contribution < 1.29 is 0 Å². The largest absolute Gasteiger partial charge is 0.365 e. The Labute approximate surface area is 104 Å². The van der Waals surface area contributed by atoms with E-state index in [0.29, 0.717) is 5.82 Å². The van der Waals surface area contributed by atoms with Gasteiger partial charge in [0.2, 0.25) is 0 Å². The first kappa shape index (κ1) is 11.8. The van der Waals surface area contributed by atoms with Gasteiger partial charge in [-0.15, -0.1) is 11.3 Å². The molecule has 4 N–H and O–H groups in total. The molecule has 0 aliphatic rings. The minimum Gasteiger partial charge on any atom is -0.365 e. The van der Waals surface area contributed by atoms with Gasteiger partial charge in [0.05, 0.1) is 6.54 Å². The van der Waals surface area contributed by atoms with Crippen LogP contribution >= 0.6 is 11.3 Å². The van der Waals surface area contributed by atoms with E-state index in [-0.39, 0.29) is 0 Å². The van der Waals surface area contributed by atoms with E-state index in [1.807, 2.05) is 6.92 Å². The van der Waals surface area contributed by atoms with Crippen LogP contribution in [-0.2, 0) is 6.54 Å². The van der Waals surface area contributed by atoms with Crippen molar-refractivity contribution in [2.45, 2.75) is 20.4 Å². The highest BCUT2D eigenvalue weighted by Crippen LogP contribution is 2.20. The molecule has 0 bridgehead atoms. The van der Waals surface area contributed by atoms with Crippen LogP contribution < -0.4 is 16.6 Å². The Morgan fingerprint density at radius 2 is 2.06 bits per heavy atom. The molecule has 17 heavy (non-hydrogen) atoms. The number of nitrogens with one attached hydrogen (secondary N) is 2. The van der Waals surface area contributed by atoms with Crippen LogP contribution in [0.5, 0.6) is 0 Å². The third kappa shape index (κ3) is 2.54. The maximum atomic E-state index is 5.37. The lowest BCUT2D eigenvalue weighted by molar-refractivity contribution is 1.06. The van der Waals surface area contributed by atoms with Gasteiger partial charge in [-0.05, 0) is 30.9 Å². The van der Waals surface area contributed by atoms with Crippen molar-refractivity contribution in [2.75, 3.05) is 10.7 Å². The number of rotatable bonds is 4. The predicted octanol–water partition coefficient (Wildman–Crippen LogP) is 2.05. The number of nitrogens with two attached hydrogens (primary N) is 1. The van der Waals surface area contributed by atoms with Gasteiger partial charge < -0.3 is 10.7 Å². The summed E-state index contributed by atoms with van der Waals surface area (Å²) in [5.41, 5.74) is 4.77. The molecule has 2 aromatic heterocycles. The Kier molecular flexibility index (Phi) is 3.55. The molecule has 2 aromatic rings. The molecule has 0 fully saturated rings. The molecule has 0 unspecified atom stereocenters. The Morgan fingerprint density at radius 3 is 2.71 bits per heavy atom. The summed E-state index contributed by atoms with van der Waals surface area (Å²) >= 11 is 1.74. The molecule has 0 saturated carbocycles. The first-order chi connectivity index (χ1) is 8.22. The first-order valence-electron chi connectivity index (χ1n) is 5.27. The van der Waals surface area contributed by atoms with Gasteiger partial charge in [0.25, 0.3) is 0 Å². The quantitative estimate of drug-likeness (QED) is 0.571. The molecule has 0 aromatic carbocycles. The fraction of sp³-hybridized carbons (Fsp3) is 0.273. The molecule has 0 amide bonds. The second kappa shape index (κ2) is 5.11. The van der Waals surface area contributed by atoms with Gasteiger partial charge in [-0.2, -0.15) is 0 Å². The Bertz CT molecular complexity index is 508. The van der Waals surface area contributed by atoms with E-state index in [9.17, 15) is 0 Å². The van der Waals surface area contributed by atoms with E-state index in [4.69, 9.17) is 5.84 Å². The molecular formula is C11H15N5S. The molecule has 2 heterocycles. The summed E-state index contributed by atoms with van der Waals surface area (Å²) in [5.74, 6) is 6.82. The maximum absolute atomic E-state index is 5.37. The molecule has 6 heteroatoms. The van der Waals surface area contributed by atoms with Crippen molar-refractivity contribution in [1.29, 1.82) is 0 Å². The molecule has 0 atom stereocenters. The van der Waals surface area contributed by atoms with Gasteiger partial charge in [0.1, 0.15) is 18.0 Å². The fourth-order valence-corrected chi connectivity index (χ4v) is 2.37. The van der Waals surface area contributed by atoms with E-state index in [1.165, 1.54) is 16.8 Å². The molecular weight excluding hydrogens is 234 g/mol. The maximum Gasteiger partial charge on any atom is 0.148 e. The lowest BCUT2D eigenvalue weighted by atomic mass is 10.3. The van der Waals surface area contributed by atoms with Crippen molar-refractivity contribution in [3.63, 3.8) is 0 Å². The Hall–Kier alpha value is -1.66. The van der Waals surface area contributed by atoms with E-state index in [0.717, 1.165) is 17.9 Å². The van der Waals surface area contributed by atoms with Crippen molar-refractivity contribution in [1.82, 2.24) is 9.97 Å². The van der Waals surface area contributed by atoms with Crippen molar-refractivity contribution >= 4 is 23.0 Å². The van der Waals surface area contributed by atoms with Gasteiger partial charge in [-0.3, -0.25) is 0 Å². The molecule has 5 nitrogen and oxygen atoms in total. The Morgan fingerprint density at radius 1 is 1.29 bits per heavy atom. The van der Waals surface area contributed by atoms with Crippen LogP contribution in [0.15, 0.2) is 17.8 Å². The number of hydrogen-bond donors (Lipinski definition) is 3. The summed E-state index contributed by atoms with van der Waals surface area (Å²) in [7, 11) is 0. The van der Waals surface area contributed by atoms with Crippen LogP contribution in [0.2, 0.25) is 0 Å². The third-order valence-corrected chi connectivity index (χ3v) is 3.63. The second-order valence-electron chi connectivity index (χ2n) is 3.72. The minimum atomic E-state index is 0.644. The topological polar surface area (TPSA) is 75.9 Å². The highest BCUT2D eigenvalue weighted by atomic mass is 32.1. The average Bonchev–Trinajstić information content (AvgIpc) is 2.74. The Balaban J connectivity index is 2.12. The lowest BCUT2D eigenvalue weighted by Gasteiger charge is -2.10. The standard InChI is InChI=1S/C11H15N5S/c1-7-3-4-17-9(7)5-13-10-8(2)11(16-12)15-6-14-10/h3-4,6H,5,12H2,1-2H3,(H2,13,14,15,16). The van der Waals surface area contributed by atoms with Gasteiger partial charge in [-0.25, -0.2) is 15.8 Å². The second-order valence-corrected chi connectivity index (χ2v) is 4.72. The first-order valence-corrected chi connectivity index (χ1v) is 6.15. The van der Waals surface area contributed by atoms with Gasteiger partial charge in [0.15, 0.2) is 0 Å². The summed E-state index contributed by atoms with van der Waals surface area (Å²) in [4.78, 5) is 9.55. The van der Waals surface area contributed by atoms with Crippen molar-refractivity contribution in [3.05, 3.63) is 33.8 Å². The number of nitrogens with zero attached hydrogens (tertiary/aromatic N) is 2. The van der Waals surface area contributed by atoms with Gasteiger partial charge >= 0.3 is 0 Å². The predicted molar refractivity (Wildman–Crippen MR) is 71.0 cm³/mol. The highest BCUT2D eigenvalue weighted by molar-refractivity contribution is 7.10. The van der Waals surface area contributed by atoms with Crippen molar-refractivity contribution in [2.24, 2.45) is 5.84 Å². The number of aromatic nitrogens is 2. The van der Waals surface area contributed by atoms with Crippen LogP contribution in [0.3, 0.4) is 0 Å². The van der Waals surface area contributed by atoms with Crippen LogP contribution in [0.4, 0.5) is 11.6 Å². The summed E-state index contributed by atoms with van der Waals surface area (Å²) in [6.07, 6.45) is 1.49. The fourth-order valence-electron chi connectivity index (χ4n) is 1.52. The number of nitrogen functional groups attached to an aromatic ring is 1. The van der Waals surface area contributed by atoms with E-state index < -0.39 is 0 Å². The molecule has 0 radical (unpaired) electrons. The lowest BCUT2D eigenvalue weighted by Crippen LogP contribution is -2.12. The zero-order valence-corrected chi connectivity index (χ0v) is 10.6. The summed E-state index contributed by atoms with van der Waals surface area (Å²) < 4.78 is 0. The van der Waals surface area contributed by atoms with E-state index in [1.54, 1.807) is 11.3 Å². The number of hydrazine groups is 1. The van der Waals surface area contributed by atoms with Gasteiger partial charge in [-0.1, -0.05) is 0 Å². The zero-order chi connectivity index (χ0) is 12.3. The summed E-state index contributed by atoms with van der Waals surface area (Å²) in [6, 6.07) is 2.11. The average molecular weight is 249 g/mol. The van der Waals surface area contributed by atoms with E-state index in [2.05, 4.69) is 39.1 Å². The molecule has 90 valence electrons. The SMILES string of the molecule is Cc1ccsc1CNc1ncnc(NN)c1C. The highest BCUT2D eigenvalue weighted by Gasteiger charge is 2.06. The molecule has 0 spiro atoms. The zero-order valence-electron chi connectivity index (χ0n) is 9.82. The van der Waals surface area contributed by atoms with Crippen LogP contribution in [0, 0.1) is 13.8 Å². The third-order valence-electron chi connectivity index (χ3n) is 2.61. The monoisotopic (exact) mass is 249 g/mol. The summed E-state index contributed by atoms with van der Waals surface area (Å²) in [6.45, 7) is 4.80. The number of hydrogen-bond acceptors (Lipinski definition) is 6. The van der Waals surface area contributed by atoms with Crippen LogP contribution in [0.25, 0.3) is 0 Å². The molecule has 0 saturated heterocycles. The van der Waals surface area contributed by atoms with E-state index >= 15 is 0 Å². The van der Waals surface area contributed by atoms with Crippen molar-refractivity contribution in [3.8, 4) is 0 Å². The van der Waals surface area contributed by atoms with Crippen LogP contribution in [0.1, 0.15) is 16.0 Å². The molecule has 0 aliphatic heterocycles. The van der Waals surface area contributed by atoms with Gasteiger partial charge in [0, 0.05) is 10.4 Å². The smallest absolute Gasteiger partial charge is 0.148 e. The normalized spacial score (nSPS) is 10.3. The number of thiophene rings is 1. The molecule has 2 rings (SSSR count). The molecule has 0 aliphatic carbocycles. The minimum absolute atomic E-state index is 0.644.